The Morgan fingerprint density at radius 2 is 0.333 bits per heavy atom. The minimum atomic E-state index is 0.723. The van der Waals surface area contributed by atoms with Gasteiger partial charge >= 0.3 is 0 Å². The van der Waals surface area contributed by atoms with Crippen LogP contribution in [0.25, 0.3) is 232 Å². The summed E-state index contributed by atoms with van der Waals surface area (Å²) in [6.07, 6.45) is 0. The molecule has 0 aliphatic rings. The number of aromatic nitrogens is 6. The van der Waals surface area contributed by atoms with Crippen LogP contribution in [0.2, 0.25) is 0 Å². The quantitative estimate of drug-likeness (QED) is 0.113. The van der Waals surface area contributed by atoms with Gasteiger partial charge in [0, 0.05) is 65.7 Å². The maximum Gasteiger partial charge on any atom is 0.160 e. The van der Waals surface area contributed by atoms with Crippen molar-refractivity contribution in [1.29, 1.82) is 0 Å². The molecule has 0 bridgehead atoms. The number of rotatable bonds is 12. The third-order valence-electron chi connectivity index (χ3n) is 24.2. The molecule has 3 heterocycles. The average molecular weight is 1600 g/mol. The fourth-order valence-corrected chi connectivity index (χ4v) is 18.2. The van der Waals surface area contributed by atoms with E-state index in [0.717, 1.165) is 122 Å². The Kier molecular flexibility index (Phi) is 19.9. The zero-order valence-electron chi connectivity index (χ0n) is 68.7. The van der Waals surface area contributed by atoms with E-state index >= 15 is 0 Å². The smallest absolute Gasteiger partial charge is 0.160 e. The second-order valence-electron chi connectivity index (χ2n) is 31.8. The molecule has 0 unspecified atom stereocenters. The Morgan fingerprint density at radius 1 is 0.111 bits per heavy atom. The Bertz CT molecular complexity index is 8180. The number of hydrogen-bond acceptors (Lipinski definition) is 6. The third kappa shape index (κ3) is 14.5. The highest BCUT2D eigenvalue weighted by molar-refractivity contribution is 6.19. The van der Waals surface area contributed by atoms with E-state index in [-0.39, 0.29) is 0 Å². The fraction of sp³-hybridized carbons (Fsp3) is 0. The lowest BCUT2D eigenvalue weighted by Gasteiger charge is -2.15. The van der Waals surface area contributed by atoms with Gasteiger partial charge in [0.15, 0.2) is 17.5 Å². The van der Waals surface area contributed by atoms with E-state index in [1.807, 2.05) is 42.5 Å². The van der Waals surface area contributed by atoms with Crippen LogP contribution in [0.3, 0.4) is 0 Å². The predicted molar refractivity (Wildman–Crippen MR) is 529 cm³/mol. The van der Waals surface area contributed by atoms with Crippen LogP contribution in [0.5, 0.6) is 0 Å². The zero-order valence-corrected chi connectivity index (χ0v) is 68.7. The molecule has 6 nitrogen and oxygen atoms in total. The van der Waals surface area contributed by atoms with Crippen LogP contribution in [0.1, 0.15) is 0 Å². The lowest BCUT2D eigenvalue weighted by molar-refractivity contribution is 1.23. The summed E-state index contributed by atoms with van der Waals surface area (Å²) in [5.74, 6) is 2.18. The van der Waals surface area contributed by atoms with Crippen LogP contribution in [-0.4, -0.2) is 29.9 Å². The summed E-state index contributed by atoms with van der Waals surface area (Å²) < 4.78 is 0. The van der Waals surface area contributed by atoms with Gasteiger partial charge in [-0.25, -0.2) is 29.9 Å². The molecule has 24 aromatic rings. The summed E-state index contributed by atoms with van der Waals surface area (Å²) in [6, 6.07) is 167. The zero-order chi connectivity index (χ0) is 83.6. The van der Waals surface area contributed by atoms with Gasteiger partial charge in [-0.2, -0.15) is 0 Å². The summed E-state index contributed by atoms with van der Waals surface area (Å²) >= 11 is 0. The van der Waals surface area contributed by atoms with E-state index in [1.54, 1.807) is 0 Å². The van der Waals surface area contributed by atoms with E-state index in [0.29, 0.717) is 0 Å². The van der Waals surface area contributed by atoms with Crippen LogP contribution < -0.4 is 0 Å². The maximum absolute atomic E-state index is 5.28. The van der Waals surface area contributed by atoms with E-state index in [4.69, 9.17) is 29.9 Å². The van der Waals surface area contributed by atoms with Crippen molar-refractivity contribution in [1.82, 2.24) is 29.9 Å². The molecular formula is C120H78N6. The largest absolute Gasteiger partial charge is 0.227 e. The number of nitrogens with zero attached hydrogens (tertiary/aromatic N) is 6. The van der Waals surface area contributed by atoms with Crippen LogP contribution in [0, 0.1) is 0 Å². The van der Waals surface area contributed by atoms with Gasteiger partial charge in [-0.15, -0.1) is 0 Å². The van der Waals surface area contributed by atoms with Gasteiger partial charge in [0.1, 0.15) is 0 Å². The summed E-state index contributed by atoms with van der Waals surface area (Å²) in [7, 11) is 0. The Morgan fingerprint density at radius 3 is 0.698 bits per heavy atom. The van der Waals surface area contributed by atoms with Gasteiger partial charge in [0.2, 0.25) is 0 Å². The van der Waals surface area contributed by atoms with Crippen molar-refractivity contribution in [2.45, 2.75) is 0 Å². The van der Waals surface area contributed by atoms with Gasteiger partial charge in [-0.1, -0.05) is 443 Å². The first kappa shape index (κ1) is 75.4. The van der Waals surface area contributed by atoms with Crippen LogP contribution in [0.4, 0.5) is 0 Å². The highest BCUT2D eigenvalue weighted by Crippen LogP contribution is 2.45. The van der Waals surface area contributed by atoms with E-state index < -0.39 is 0 Å². The number of benzene rings is 21. The molecule has 0 spiro atoms. The molecule has 0 radical (unpaired) electrons. The molecule has 21 aromatic carbocycles. The normalized spacial score (nSPS) is 11.3. The summed E-state index contributed by atoms with van der Waals surface area (Å²) in [5.41, 5.74) is 26.2. The third-order valence-corrected chi connectivity index (χ3v) is 24.2. The SMILES string of the molecule is c1ccc(-c2cc3c(-c4ccccc4)nc(-c4cccc(-c5cccc6ccccc56)c4)nc3c3ccccc23)cc1.c1ccc(-c2nc(-c3ccc(-c4cccc5ccccc45)cc3)c3cc(-c4ccccc4)c4ccccc4c3n2)cc1.c1ccc(-c2nc(-c3cccc(-c4cccc5ccccc45)c3)c3cc(-c4ccccc4)c4ccccc4c3n2)cc1. The maximum atomic E-state index is 5.28. The number of hydrogen-bond donors (Lipinski definition) is 0. The van der Waals surface area contributed by atoms with Crippen LogP contribution in [-0.2, 0) is 0 Å². The highest BCUT2D eigenvalue weighted by atomic mass is 14.9. The molecule has 0 amide bonds. The lowest BCUT2D eigenvalue weighted by atomic mass is 9.92. The molecule has 126 heavy (non-hydrogen) atoms. The summed E-state index contributed by atoms with van der Waals surface area (Å²) in [5, 5.41) is 17.5. The highest BCUT2D eigenvalue weighted by Gasteiger charge is 2.23. The molecule has 588 valence electrons. The first-order valence-electron chi connectivity index (χ1n) is 42.8. The molecule has 0 N–H and O–H groups in total. The molecule has 0 saturated heterocycles. The van der Waals surface area contributed by atoms with Gasteiger partial charge in [-0.3, -0.25) is 0 Å². The Labute approximate surface area is 730 Å². The summed E-state index contributed by atoms with van der Waals surface area (Å²) in [6.45, 7) is 0. The monoisotopic (exact) mass is 1600 g/mol. The van der Waals surface area contributed by atoms with Crippen LogP contribution in [0.15, 0.2) is 473 Å². The van der Waals surface area contributed by atoms with E-state index in [9.17, 15) is 0 Å². The predicted octanol–water partition coefficient (Wildman–Crippen LogP) is 31.8. The van der Waals surface area contributed by atoms with Gasteiger partial charge in [0.25, 0.3) is 0 Å². The molecule has 24 rings (SSSR count). The Balaban J connectivity index is 0.000000112. The van der Waals surface area contributed by atoms with E-state index in [2.05, 4.69) is 431 Å². The second kappa shape index (κ2) is 33.3. The second-order valence-corrected chi connectivity index (χ2v) is 31.8. The van der Waals surface area contributed by atoms with Crippen molar-refractivity contribution in [2.75, 3.05) is 0 Å². The van der Waals surface area contributed by atoms with E-state index in [1.165, 1.54) is 110 Å². The molecule has 6 heteroatoms. The Hall–Kier alpha value is -16.8. The lowest BCUT2D eigenvalue weighted by Crippen LogP contribution is -1.97. The minimum Gasteiger partial charge on any atom is -0.227 e. The van der Waals surface area contributed by atoms with Crippen molar-refractivity contribution < 1.29 is 0 Å². The van der Waals surface area contributed by atoms with Crippen molar-refractivity contribution in [3.8, 4) is 135 Å². The molecular weight excluding hydrogens is 1530 g/mol. The molecule has 0 aliphatic heterocycles. The topological polar surface area (TPSA) is 77.3 Å². The minimum absolute atomic E-state index is 0.723. The standard InChI is InChI=1S/3C40H26N2/c1-3-13-28(14-4-1)36-26-37-38(31-20-11-19-30(25-31)33-24-12-18-27-15-7-8-21-32(27)33)41-40(29-16-5-2-6-17-29)42-39(37)35-23-10-9-22-34(35)36;1-3-13-28(14-4-1)36-26-37-38(29-16-5-2-6-17-29)41-40(42-39(37)35-23-10-9-22-34(35)36)31-20-11-19-30(25-31)33-24-12-18-27-15-7-8-21-32(27)33;1-3-12-28(13-4-1)36-26-37-38(30-24-22-29(23-25-30)33-21-11-17-27-14-7-8-18-32(27)33)41-40(31-15-5-2-6-16-31)42-39(37)35-20-10-9-19-34(35)36/h3*1-26H. The summed E-state index contributed by atoms with van der Waals surface area (Å²) in [4.78, 5) is 31.4. The average Bonchev–Trinajstić information content (AvgIpc) is 0.746. The van der Waals surface area contributed by atoms with Crippen molar-refractivity contribution in [2.24, 2.45) is 0 Å². The molecule has 0 aliphatic carbocycles. The van der Waals surface area contributed by atoms with Crippen molar-refractivity contribution in [3.05, 3.63) is 473 Å². The van der Waals surface area contributed by atoms with Crippen molar-refractivity contribution in [3.63, 3.8) is 0 Å². The first-order chi connectivity index (χ1) is 62.5. The molecule has 0 saturated carbocycles. The first-order valence-corrected chi connectivity index (χ1v) is 42.8. The van der Waals surface area contributed by atoms with Gasteiger partial charge < -0.3 is 0 Å². The fourth-order valence-electron chi connectivity index (χ4n) is 18.2. The van der Waals surface area contributed by atoms with Gasteiger partial charge in [-0.05, 0) is 146 Å². The van der Waals surface area contributed by atoms with Gasteiger partial charge in [0.05, 0.1) is 33.6 Å². The molecule has 0 atom stereocenters. The van der Waals surface area contributed by atoms with Crippen LogP contribution >= 0.6 is 0 Å². The van der Waals surface area contributed by atoms with Crippen molar-refractivity contribution >= 4 is 97.3 Å². The molecule has 0 fully saturated rings. The number of fused-ring (bicyclic) bond motifs is 12. The molecule has 3 aromatic heterocycles.